The number of rotatable bonds is 4. The Morgan fingerprint density at radius 3 is 1.96 bits per heavy atom. The highest BCUT2D eigenvalue weighted by Gasteiger charge is 2.30. The standard InChI is InChI=1S/C22H25FN2O2/c1-14-3-12-20(15(2)13-14)25-22(27)17-6-4-16(5-7-17)21(26)24-19-10-8-18(23)9-11-19/h3,8-13,16-17H,4-7H2,1-2H3,(H,24,26)(H,25,27). The van der Waals surface area contributed by atoms with Gasteiger partial charge in [0, 0.05) is 23.2 Å². The minimum absolute atomic E-state index is 0.0272. The van der Waals surface area contributed by atoms with Crippen molar-refractivity contribution in [3.05, 3.63) is 59.4 Å². The van der Waals surface area contributed by atoms with Crippen molar-refractivity contribution in [2.45, 2.75) is 39.5 Å². The third-order valence-corrected chi connectivity index (χ3v) is 5.22. The molecule has 0 bridgehead atoms. The summed E-state index contributed by atoms with van der Waals surface area (Å²) in [6.07, 6.45) is 2.74. The van der Waals surface area contributed by atoms with Crippen LogP contribution in [0, 0.1) is 31.5 Å². The summed E-state index contributed by atoms with van der Waals surface area (Å²) in [7, 11) is 0. The van der Waals surface area contributed by atoms with E-state index in [1.165, 1.54) is 12.1 Å². The number of nitrogens with one attached hydrogen (secondary N) is 2. The monoisotopic (exact) mass is 368 g/mol. The summed E-state index contributed by atoms with van der Waals surface area (Å²) in [6, 6.07) is 11.7. The molecule has 0 saturated heterocycles. The molecule has 142 valence electrons. The number of carbonyl (C=O) groups excluding carboxylic acids is 2. The fourth-order valence-corrected chi connectivity index (χ4v) is 3.58. The molecule has 3 rings (SSSR count). The molecule has 1 aliphatic carbocycles. The summed E-state index contributed by atoms with van der Waals surface area (Å²) in [5, 5.41) is 5.85. The molecule has 27 heavy (non-hydrogen) atoms. The van der Waals surface area contributed by atoms with Crippen LogP contribution in [0.2, 0.25) is 0 Å². The molecular weight excluding hydrogens is 343 g/mol. The number of hydrogen-bond donors (Lipinski definition) is 2. The molecule has 1 saturated carbocycles. The van der Waals surface area contributed by atoms with Gasteiger partial charge in [-0.05, 0) is 75.4 Å². The molecule has 0 aromatic heterocycles. The number of aryl methyl sites for hydroxylation is 2. The zero-order chi connectivity index (χ0) is 19.4. The first-order chi connectivity index (χ1) is 12.9. The second kappa shape index (κ2) is 8.33. The van der Waals surface area contributed by atoms with Crippen LogP contribution >= 0.6 is 0 Å². The van der Waals surface area contributed by atoms with E-state index in [1.54, 1.807) is 12.1 Å². The van der Waals surface area contributed by atoms with Crippen LogP contribution < -0.4 is 10.6 Å². The molecule has 1 fully saturated rings. The van der Waals surface area contributed by atoms with Crippen molar-refractivity contribution >= 4 is 23.2 Å². The van der Waals surface area contributed by atoms with Crippen LogP contribution in [0.15, 0.2) is 42.5 Å². The highest BCUT2D eigenvalue weighted by atomic mass is 19.1. The minimum Gasteiger partial charge on any atom is -0.326 e. The summed E-state index contributed by atoms with van der Waals surface area (Å²) in [5.74, 6) is -0.543. The van der Waals surface area contributed by atoms with Crippen LogP contribution in [0.25, 0.3) is 0 Å². The third-order valence-electron chi connectivity index (χ3n) is 5.22. The zero-order valence-corrected chi connectivity index (χ0v) is 15.7. The minimum atomic E-state index is -0.330. The summed E-state index contributed by atoms with van der Waals surface area (Å²) >= 11 is 0. The van der Waals surface area contributed by atoms with Crippen LogP contribution in [0.1, 0.15) is 36.8 Å². The fourth-order valence-electron chi connectivity index (χ4n) is 3.58. The molecule has 0 radical (unpaired) electrons. The lowest BCUT2D eigenvalue weighted by Gasteiger charge is -2.27. The van der Waals surface area contributed by atoms with E-state index in [-0.39, 0.29) is 29.5 Å². The second-order valence-electron chi connectivity index (χ2n) is 7.35. The van der Waals surface area contributed by atoms with Gasteiger partial charge in [-0.1, -0.05) is 17.7 Å². The van der Waals surface area contributed by atoms with Gasteiger partial charge in [0.25, 0.3) is 0 Å². The summed E-state index contributed by atoms with van der Waals surface area (Å²) in [6.45, 7) is 4.01. The Labute approximate surface area is 159 Å². The number of amides is 2. The molecule has 2 N–H and O–H groups in total. The molecule has 0 spiro atoms. The molecule has 0 unspecified atom stereocenters. The van der Waals surface area contributed by atoms with Crippen LogP contribution in [0.4, 0.5) is 15.8 Å². The maximum Gasteiger partial charge on any atom is 0.227 e. The Hall–Kier alpha value is -2.69. The highest BCUT2D eigenvalue weighted by molar-refractivity contribution is 5.94. The van der Waals surface area contributed by atoms with E-state index in [2.05, 4.69) is 10.6 Å². The molecule has 2 aromatic carbocycles. The maximum absolute atomic E-state index is 12.9. The van der Waals surface area contributed by atoms with E-state index in [0.717, 1.165) is 16.8 Å². The van der Waals surface area contributed by atoms with E-state index in [4.69, 9.17) is 0 Å². The van der Waals surface area contributed by atoms with Gasteiger partial charge >= 0.3 is 0 Å². The lowest BCUT2D eigenvalue weighted by Crippen LogP contribution is -2.32. The average molecular weight is 368 g/mol. The molecule has 0 aliphatic heterocycles. The van der Waals surface area contributed by atoms with Crippen molar-refractivity contribution in [2.75, 3.05) is 10.6 Å². The average Bonchev–Trinajstić information content (AvgIpc) is 2.66. The van der Waals surface area contributed by atoms with Gasteiger partial charge in [0.15, 0.2) is 0 Å². The third kappa shape index (κ3) is 4.94. The number of hydrogen-bond acceptors (Lipinski definition) is 2. The SMILES string of the molecule is Cc1ccc(NC(=O)C2CCC(C(=O)Nc3ccc(F)cc3)CC2)c(C)c1. The zero-order valence-electron chi connectivity index (χ0n) is 15.7. The van der Waals surface area contributed by atoms with Crippen molar-refractivity contribution in [1.29, 1.82) is 0 Å². The fraction of sp³-hybridized carbons (Fsp3) is 0.364. The predicted octanol–water partition coefficient (Wildman–Crippen LogP) is 4.83. The van der Waals surface area contributed by atoms with Crippen molar-refractivity contribution in [3.63, 3.8) is 0 Å². The summed E-state index contributed by atoms with van der Waals surface area (Å²) in [4.78, 5) is 24.9. The number of carbonyl (C=O) groups is 2. The van der Waals surface area contributed by atoms with Gasteiger partial charge in [-0.25, -0.2) is 4.39 Å². The summed E-state index contributed by atoms with van der Waals surface area (Å²) < 4.78 is 12.9. The quantitative estimate of drug-likeness (QED) is 0.812. The van der Waals surface area contributed by atoms with Crippen LogP contribution in [-0.2, 0) is 9.59 Å². The van der Waals surface area contributed by atoms with Crippen LogP contribution in [0.5, 0.6) is 0 Å². The molecule has 2 aromatic rings. The number of anilines is 2. The lowest BCUT2D eigenvalue weighted by molar-refractivity contribution is -0.125. The van der Waals surface area contributed by atoms with Gasteiger partial charge in [-0.3, -0.25) is 9.59 Å². The van der Waals surface area contributed by atoms with E-state index in [1.807, 2.05) is 32.0 Å². The van der Waals surface area contributed by atoms with Gasteiger partial charge in [-0.15, -0.1) is 0 Å². The normalized spacial score (nSPS) is 19.4. The Morgan fingerprint density at radius 2 is 1.41 bits per heavy atom. The lowest BCUT2D eigenvalue weighted by atomic mass is 9.81. The Kier molecular flexibility index (Phi) is 5.89. The van der Waals surface area contributed by atoms with Gasteiger partial charge < -0.3 is 10.6 Å². The van der Waals surface area contributed by atoms with Gasteiger partial charge in [0.2, 0.25) is 11.8 Å². The Bertz CT molecular complexity index is 825. The molecule has 2 amide bonds. The van der Waals surface area contributed by atoms with Crippen LogP contribution in [-0.4, -0.2) is 11.8 Å². The van der Waals surface area contributed by atoms with Crippen molar-refractivity contribution < 1.29 is 14.0 Å². The topological polar surface area (TPSA) is 58.2 Å². The van der Waals surface area contributed by atoms with Crippen molar-refractivity contribution in [2.24, 2.45) is 11.8 Å². The molecule has 5 heteroatoms. The van der Waals surface area contributed by atoms with Crippen molar-refractivity contribution in [3.8, 4) is 0 Å². The van der Waals surface area contributed by atoms with E-state index < -0.39 is 0 Å². The number of halogens is 1. The first-order valence-electron chi connectivity index (χ1n) is 9.37. The first kappa shape index (κ1) is 19.1. The highest BCUT2D eigenvalue weighted by Crippen LogP contribution is 2.31. The van der Waals surface area contributed by atoms with Crippen molar-refractivity contribution in [1.82, 2.24) is 0 Å². The number of benzene rings is 2. The first-order valence-corrected chi connectivity index (χ1v) is 9.37. The van der Waals surface area contributed by atoms with E-state index in [0.29, 0.717) is 31.4 Å². The smallest absolute Gasteiger partial charge is 0.227 e. The molecule has 0 atom stereocenters. The largest absolute Gasteiger partial charge is 0.326 e. The Morgan fingerprint density at radius 1 is 0.852 bits per heavy atom. The molecular formula is C22H25FN2O2. The molecule has 1 aliphatic rings. The summed E-state index contributed by atoms with van der Waals surface area (Å²) in [5.41, 5.74) is 3.66. The van der Waals surface area contributed by atoms with Gasteiger partial charge in [-0.2, -0.15) is 0 Å². The van der Waals surface area contributed by atoms with Gasteiger partial charge in [0.05, 0.1) is 0 Å². The molecule has 4 nitrogen and oxygen atoms in total. The van der Waals surface area contributed by atoms with E-state index in [9.17, 15) is 14.0 Å². The maximum atomic E-state index is 12.9. The van der Waals surface area contributed by atoms with Crippen LogP contribution in [0.3, 0.4) is 0 Å². The second-order valence-corrected chi connectivity index (χ2v) is 7.35. The molecule has 0 heterocycles. The Balaban J connectivity index is 1.51. The van der Waals surface area contributed by atoms with E-state index >= 15 is 0 Å². The predicted molar refractivity (Wildman–Crippen MR) is 105 cm³/mol. The van der Waals surface area contributed by atoms with Gasteiger partial charge in [0.1, 0.15) is 5.82 Å².